The normalized spacial score (nSPS) is 12.0. The summed E-state index contributed by atoms with van der Waals surface area (Å²) in [6, 6.07) is 21.6. The van der Waals surface area contributed by atoms with Crippen molar-refractivity contribution in [3.63, 3.8) is 0 Å². The Bertz CT molecular complexity index is 1400. The van der Waals surface area contributed by atoms with Gasteiger partial charge in [0.25, 0.3) is 11.5 Å². The molecule has 1 unspecified atom stereocenters. The van der Waals surface area contributed by atoms with Gasteiger partial charge in [0.1, 0.15) is 5.82 Å². The molecule has 35 heavy (non-hydrogen) atoms. The molecule has 0 aliphatic heterocycles. The Kier molecular flexibility index (Phi) is 7.89. The van der Waals surface area contributed by atoms with E-state index in [-0.39, 0.29) is 11.5 Å². The SMILES string of the molecule is CCCN(C(=O)c1ccc(Cl)c(Cl)c1)C(CC)c1nc2ccccc2c(=O)n1Cc1ccccc1. The topological polar surface area (TPSA) is 55.2 Å². The molecule has 1 amide bonds. The van der Waals surface area contributed by atoms with Crippen LogP contribution in [0.3, 0.4) is 0 Å². The van der Waals surface area contributed by atoms with E-state index in [0.29, 0.717) is 51.8 Å². The zero-order valence-corrected chi connectivity index (χ0v) is 21.3. The fourth-order valence-corrected chi connectivity index (χ4v) is 4.63. The van der Waals surface area contributed by atoms with Crippen LogP contribution in [0.2, 0.25) is 10.0 Å². The van der Waals surface area contributed by atoms with E-state index in [1.807, 2.05) is 62.4 Å². The molecule has 4 rings (SSSR count). The molecule has 1 atom stereocenters. The van der Waals surface area contributed by atoms with Gasteiger partial charge in [0.2, 0.25) is 0 Å². The van der Waals surface area contributed by atoms with E-state index >= 15 is 0 Å². The molecule has 0 aliphatic rings. The van der Waals surface area contributed by atoms with Gasteiger partial charge in [-0.1, -0.05) is 79.5 Å². The maximum Gasteiger partial charge on any atom is 0.261 e. The molecule has 3 aromatic carbocycles. The largest absolute Gasteiger partial charge is 0.328 e. The number of hydrogen-bond acceptors (Lipinski definition) is 3. The van der Waals surface area contributed by atoms with Crippen LogP contribution >= 0.6 is 23.2 Å². The van der Waals surface area contributed by atoms with Gasteiger partial charge < -0.3 is 4.90 Å². The van der Waals surface area contributed by atoms with Gasteiger partial charge in [0, 0.05) is 12.1 Å². The Hall–Kier alpha value is -3.15. The zero-order valence-electron chi connectivity index (χ0n) is 19.7. The molecule has 0 fully saturated rings. The molecule has 4 aromatic rings. The van der Waals surface area contributed by atoms with Crippen LogP contribution in [0.4, 0.5) is 0 Å². The van der Waals surface area contributed by atoms with E-state index in [2.05, 4.69) is 0 Å². The van der Waals surface area contributed by atoms with Gasteiger partial charge in [0.05, 0.1) is 33.5 Å². The van der Waals surface area contributed by atoms with Crippen molar-refractivity contribution in [3.05, 3.63) is 110 Å². The number of hydrogen-bond donors (Lipinski definition) is 0. The van der Waals surface area contributed by atoms with E-state index in [4.69, 9.17) is 28.2 Å². The van der Waals surface area contributed by atoms with Crippen LogP contribution in [0.25, 0.3) is 10.9 Å². The molecule has 180 valence electrons. The van der Waals surface area contributed by atoms with Gasteiger partial charge in [-0.05, 0) is 48.7 Å². The minimum atomic E-state index is -0.405. The number of nitrogens with zero attached hydrogens (tertiary/aromatic N) is 3. The van der Waals surface area contributed by atoms with Crippen molar-refractivity contribution >= 4 is 40.0 Å². The van der Waals surface area contributed by atoms with Crippen LogP contribution in [0, 0.1) is 0 Å². The molecule has 0 aliphatic carbocycles. The number of carbonyl (C=O) groups is 1. The van der Waals surface area contributed by atoms with Gasteiger partial charge >= 0.3 is 0 Å². The first-order valence-corrected chi connectivity index (χ1v) is 12.5. The Labute approximate surface area is 214 Å². The van der Waals surface area contributed by atoms with Crippen molar-refractivity contribution < 1.29 is 4.79 Å². The summed E-state index contributed by atoms with van der Waals surface area (Å²) in [5.74, 6) is 0.396. The second-order valence-electron chi connectivity index (χ2n) is 8.42. The van der Waals surface area contributed by atoms with Crippen molar-refractivity contribution in [2.24, 2.45) is 0 Å². The number of para-hydroxylation sites is 1. The molecular formula is C28H27Cl2N3O2. The van der Waals surface area contributed by atoms with Crippen molar-refractivity contribution in [2.45, 2.75) is 39.3 Å². The second-order valence-corrected chi connectivity index (χ2v) is 9.23. The maximum absolute atomic E-state index is 13.7. The average molecular weight is 508 g/mol. The van der Waals surface area contributed by atoms with Crippen LogP contribution in [0.15, 0.2) is 77.6 Å². The van der Waals surface area contributed by atoms with E-state index in [0.717, 1.165) is 12.0 Å². The summed E-state index contributed by atoms with van der Waals surface area (Å²) < 4.78 is 1.70. The number of amides is 1. The van der Waals surface area contributed by atoms with Crippen LogP contribution in [-0.2, 0) is 6.54 Å². The molecule has 0 N–H and O–H groups in total. The molecule has 5 nitrogen and oxygen atoms in total. The zero-order chi connectivity index (χ0) is 24.9. The number of carbonyl (C=O) groups excluding carboxylic acids is 1. The van der Waals surface area contributed by atoms with Gasteiger partial charge in [0.15, 0.2) is 0 Å². The number of halogens is 2. The highest BCUT2D eigenvalue weighted by Crippen LogP contribution is 2.29. The van der Waals surface area contributed by atoms with E-state index in [1.165, 1.54) is 0 Å². The Morgan fingerprint density at radius 3 is 2.37 bits per heavy atom. The number of fused-ring (bicyclic) bond motifs is 1. The summed E-state index contributed by atoms with van der Waals surface area (Å²) >= 11 is 12.3. The quantitative estimate of drug-likeness (QED) is 0.264. The monoisotopic (exact) mass is 507 g/mol. The summed E-state index contributed by atoms with van der Waals surface area (Å²) in [7, 11) is 0. The fraction of sp³-hybridized carbons (Fsp3) is 0.250. The second kappa shape index (κ2) is 11.1. The third kappa shape index (κ3) is 5.26. The van der Waals surface area contributed by atoms with Crippen molar-refractivity contribution in [1.82, 2.24) is 14.5 Å². The average Bonchev–Trinajstić information content (AvgIpc) is 2.88. The summed E-state index contributed by atoms with van der Waals surface area (Å²) in [6.45, 7) is 4.90. The summed E-state index contributed by atoms with van der Waals surface area (Å²) in [4.78, 5) is 34.1. The minimum absolute atomic E-state index is 0.119. The van der Waals surface area contributed by atoms with Crippen molar-refractivity contribution in [1.29, 1.82) is 0 Å². The summed E-state index contributed by atoms with van der Waals surface area (Å²) in [5.41, 5.74) is 1.93. The van der Waals surface area contributed by atoms with E-state index < -0.39 is 6.04 Å². The summed E-state index contributed by atoms with van der Waals surface area (Å²) in [6.07, 6.45) is 1.34. The molecular weight excluding hydrogens is 481 g/mol. The highest BCUT2D eigenvalue weighted by Gasteiger charge is 2.29. The first kappa shape index (κ1) is 25.0. The number of benzene rings is 3. The maximum atomic E-state index is 13.7. The van der Waals surface area contributed by atoms with E-state index in [9.17, 15) is 9.59 Å². The molecule has 0 spiro atoms. The van der Waals surface area contributed by atoms with Crippen LogP contribution in [0.1, 0.15) is 54.5 Å². The van der Waals surface area contributed by atoms with Gasteiger partial charge in [-0.25, -0.2) is 4.98 Å². The smallest absolute Gasteiger partial charge is 0.261 e. The van der Waals surface area contributed by atoms with Gasteiger partial charge in [-0.15, -0.1) is 0 Å². The predicted octanol–water partition coefficient (Wildman–Crippen LogP) is 6.76. The Morgan fingerprint density at radius 2 is 1.69 bits per heavy atom. The Morgan fingerprint density at radius 1 is 0.971 bits per heavy atom. The lowest BCUT2D eigenvalue weighted by Gasteiger charge is -2.32. The third-order valence-corrected chi connectivity index (χ3v) is 6.77. The molecule has 0 saturated carbocycles. The minimum Gasteiger partial charge on any atom is -0.328 e. The molecule has 1 aromatic heterocycles. The Balaban J connectivity index is 1.87. The third-order valence-electron chi connectivity index (χ3n) is 6.03. The highest BCUT2D eigenvalue weighted by atomic mass is 35.5. The lowest BCUT2D eigenvalue weighted by molar-refractivity contribution is 0.0657. The summed E-state index contributed by atoms with van der Waals surface area (Å²) in [5, 5.41) is 1.27. The van der Waals surface area contributed by atoms with Crippen molar-refractivity contribution in [2.75, 3.05) is 6.54 Å². The molecule has 0 saturated heterocycles. The van der Waals surface area contributed by atoms with E-state index in [1.54, 1.807) is 33.7 Å². The predicted molar refractivity (Wildman–Crippen MR) is 142 cm³/mol. The van der Waals surface area contributed by atoms with Crippen LogP contribution < -0.4 is 5.56 Å². The van der Waals surface area contributed by atoms with Gasteiger partial charge in [-0.2, -0.15) is 0 Å². The molecule has 0 radical (unpaired) electrons. The number of aromatic nitrogens is 2. The molecule has 7 heteroatoms. The van der Waals surface area contributed by atoms with Crippen LogP contribution in [-0.4, -0.2) is 26.9 Å². The molecule has 1 heterocycles. The number of rotatable bonds is 8. The van der Waals surface area contributed by atoms with Crippen molar-refractivity contribution in [3.8, 4) is 0 Å². The molecule has 0 bridgehead atoms. The first-order chi connectivity index (χ1) is 16.9. The lowest BCUT2D eigenvalue weighted by atomic mass is 10.1. The first-order valence-electron chi connectivity index (χ1n) is 11.7. The fourth-order valence-electron chi connectivity index (χ4n) is 4.34. The lowest BCUT2D eigenvalue weighted by Crippen LogP contribution is -2.39. The van der Waals surface area contributed by atoms with Gasteiger partial charge in [-0.3, -0.25) is 14.2 Å². The standard InChI is InChI=1S/C28H27Cl2N3O2/c1-3-16-32(27(34)20-14-15-22(29)23(30)17-20)25(4-2)26-31-24-13-9-8-12-21(24)28(35)33(26)18-19-10-6-5-7-11-19/h5-15,17,25H,3-4,16,18H2,1-2H3. The highest BCUT2D eigenvalue weighted by molar-refractivity contribution is 6.42. The van der Waals surface area contributed by atoms with Crippen LogP contribution in [0.5, 0.6) is 0 Å².